The van der Waals surface area contributed by atoms with E-state index in [2.05, 4.69) is 10.3 Å². The van der Waals surface area contributed by atoms with E-state index in [4.69, 9.17) is 0 Å². The Hall–Kier alpha value is -2.43. The largest absolute Gasteiger partial charge is 0.349 e. The molecule has 0 fully saturated rings. The Morgan fingerprint density at radius 1 is 1.17 bits per heavy atom. The number of rotatable bonds is 5. The van der Waals surface area contributed by atoms with Gasteiger partial charge in [-0.2, -0.15) is 0 Å². The Labute approximate surface area is 136 Å². The van der Waals surface area contributed by atoms with Gasteiger partial charge in [0.2, 0.25) is 11.8 Å². The molecular weight excluding hydrogens is 290 g/mol. The predicted octanol–water partition coefficient (Wildman–Crippen LogP) is 3.07. The van der Waals surface area contributed by atoms with Crippen molar-refractivity contribution in [3.63, 3.8) is 0 Å². The van der Waals surface area contributed by atoms with Gasteiger partial charge < -0.3 is 10.2 Å². The van der Waals surface area contributed by atoms with Crippen LogP contribution in [0.15, 0.2) is 36.5 Å². The average molecular weight is 313 g/mol. The number of nitrogens with one attached hydrogen (secondary N) is 1. The van der Waals surface area contributed by atoms with Gasteiger partial charge in [-0.05, 0) is 18.6 Å². The van der Waals surface area contributed by atoms with Gasteiger partial charge in [0, 0.05) is 37.5 Å². The van der Waals surface area contributed by atoms with Crippen LogP contribution < -0.4 is 5.32 Å². The molecule has 0 aliphatic heterocycles. The van der Waals surface area contributed by atoms with Crippen LogP contribution in [0.1, 0.15) is 26.7 Å². The Morgan fingerprint density at radius 2 is 1.87 bits per heavy atom. The van der Waals surface area contributed by atoms with Gasteiger partial charge >= 0.3 is 0 Å². The van der Waals surface area contributed by atoms with Crippen molar-refractivity contribution in [1.29, 1.82) is 0 Å². The molecule has 122 valence electrons. The third-order valence-corrected chi connectivity index (χ3v) is 3.96. The van der Waals surface area contributed by atoms with Crippen molar-refractivity contribution in [1.82, 2.24) is 9.88 Å². The summed E-state index contributed by atoms with van der Waals surface area (Å²) in [5.41, 5.74) is 0.825. The second-order valence-electron chi connectivity index (χ2n) is 6.51. The van der Waals surface area contributed by atoms with E-state index in [-0.39, 0.29) is 11.8 Å². The molecule has 5 nitrogen and oxygen atoms in total. The van der Waals surface area contributed by atoms with Gasteiger partial charge in [0.05, 0.1) is 11.2 Å². The normalized spacial score (nSPS) is 11.3. The lowest BCUT2D eigenvalue weighted by Crippen LogP contribution is -2.33. The number of anilines is 1. The first kappa shape index (κ1) is 16.9. The average Bonchev–Trinajstić information content (AvgIpc) is 2.52. The highest BCUT2D eigenvalue weighted by Crippen LogP contribution is 2.27. The summed E-state index contributed by atoms with van der Waals surface area (Å²) in [7, 11) is 3.44. The molecule has 1 heterocycles. The van der Waals surface area contributed by atoms with E-state index in [9.17, 15) is 9.59 Å². The fourth-order valence-electron chi connectivity index (χ4n) is 2.25. The van der Waals surface area contributed by atoms with Crippen molar-refractivity contribution in [2.75, 3.05) is 19.4 Å². The minimum absolute atomic E-state index is 0.0257. The van der Waals surface area contributed by atoms with Crippen LogP contribution >= 0.6 is 0 Å². The zero-order valence-corrected chi connectivity index (χ0v) is 14.1. The number of fused-ring (bicyclic) bond motifs is 1. The standard InChI is InChI=1S/C18H23N3O2/c1-18(2,11-10-15(22)21(3)4)17(23)20-14-9-5-7-13-8-6-12-19-16(13)14/h5-9,12H,10-11H2,1-4H3,(H,20,23). The topological polar surface area (TPSA) is 62.3 Å². The maximum atomic E-state index is 12.6. The molecule has 5 heteroatoms. The molecule has 2 rings (SSSR count). The molecule has 2 aromatic rings. The summed E-state index contributed by atoms with van der Waals surface area (Å²) in [6.07, 6.45) is 2.55. The Bertz CT molecular complexity index is 718. The fraction of sp³-hybridized carbons (Fsp3) is 0.389. The number of aromatic nitrogens is 1. The van der Waals surface area contributed by atoms with Crippen molar-refractivity contribution in [2.24, 2.45) is 5.41 Å². The monoisotopic (exact) mass is 313 g/mol. The van der Waals surface area contributed by atoms with Crippen molar-refractivity contribution in [3.8, 4) is 0 Å². The second-order valence-corrected chi connectivity index (χ2v) is 6.51. The number of carbonyl (C=O) groups excluding carboxylic acids is 2. The van der Waals surface area contributed by atoms with E-state index in [1.807, 2.05) is 44.2 Å². The van der Waals surface area contributed by atoms with Crippen molar-refractivity contribution < 1.29 is 9.59 Å². The first-order valence-electron chi connectivity index (χ1n) is 7.66. The molecule has 0 atom stereocenters. The highest BCUT2D eigenvalue weighted by atomic mass is 16.2. The minimum Gasteiger partial charge on any atom is -0.349 e. The van der Waals surface area contributed by atoms with Crippen LogP contribution in [-0.4, -0.2) is 35.8 Å². The summed E-state index contributed by atoms with van der Waals surface area (Å²) in [6, 6.07) is 9.51. The third kappa shape index (κ3) is 4.06. The molecule has 0 saturated carbocycles. The first-order valence-corrected chi connectivity index (χ1v) is 7.66. The van der Waals surface area contributed by atoms with Gasteiger partial charge in [0.1, 0.15) is 0 Å². The first-order chi connectivity index (χ1) is 10.8. The van der Waals surface area contributed by atoms with Crippen molar-refractivity contribution >= 4 is 28.4 Å². The molecule has 0 unspecified atom stereocenters. The zero-order chi connectivity index (χ0) is 17.0. The summed E-state index contributed by atoms with van der Waals surface area (Å²) in [4.78, 5) is 30.2. The van der Waals surface area contributed by atoms with Crippen LogP contribution in [0.2, 0.25) is 0 Å². The van der Waals surface area contributed by atoms with Gasteiger partial charge in [-0.3, -0.25) is 14.6 Å². The molecule has 2 amide bonds. The summed E-state index contributed by atoms with van der Waals surface area (Å²) in [6.45, 7) is 3.70. The number of amides is 2. The highest BCUT2D eigenvalue weighted by Gasteiger charge is 2.29. The van der Waals surface area contributed by atoms with Crippen LogP contribution in [0.25, 0.3) is 10.9 Å². The van der Waals surface area contributed by atoms with Crippen LogP contribution in [0, 0.1) is 5.41 Å². The quantitative estimate of drug-likeness (QED) is 0.922. The van der Waals surface area contributed by atoms with Crippen LogP contribution in [0.3, 0.4) is 0 Å². The lowest BCUT2D eigenvalue weighted by atomic mass is 9.86. The molecule has 0 aliphatic rings. The molecule has 0 aliphatic carbocycles. The van der Waals surface area contributed by atoms with Crippen LogP contribution in [-0.2, 0) is 9.59 Å². The molecule has 0 bridgehead atoms. The molecule has 23 heavy (non-hydrogen) atoms. The third-order valence-electron chi connectivity index (χ3n) is 3.96. The Balaban J connectivity index is 2.12. The molecule has 1 aromatic heterocycles. The summed E-state index contributed by atoms with van der Waals surface area (Å²) >= 11 is 0. The van der Waals surface area contributed by atoms with Crippen LogP contribution in [0.4, 0.5) is 5.69 Å². The van der Waals surface area contributed by atoms with Crippen molar-refractivity contribution in [2.45, 2.75) is 26.7 Å². The molecule has 1 N–H and O–H groups in total. The smallest absolute Gasteiger partial charge is 0.230 e. The van der Waals surface area contributed by atoms with Gasteiger partial charge in [-0.1, -0.05) is 32.0 Å². The Kier molecular flexibility index (Phi) is 4.98. The maximum Gasteiger partial charge on any atom is 0.230 e. The predicted molar refractivity (Wildman–Crippen MR) is 92.1 cm³/mol. The lowest BCUT2D eigenvalue weighted by Gasteiger charge is -2.24. The summed E-state index contributed by atoms with van der Waals surface area (Å²) in [5.74, 6) is -0.0834. The maximum absolute atomic E-state index is 12.6. The van der Waals surface area contributed by atoms with E-state index in [1.54, 1.807) is 25.2 Å². The summed E-state index contributed by atoms with van der Waals surface area (Å²) < 4.78 is 0. The number of nitrogens with zero attached hydrogens (tertiary/aromatic N) is 2. The van der Waals surface area contributed by atoms with Gasteiger partial charge in [-0.15, -0.1) is 0 Å². The van der Waals surface area contributed by atoms with E-state index in [0.717, 1.165) is 10.9 Å². The highest BCUT2D eigenvalue weighted by molar-refractivity contribution is 6.02. The molecule has 0 saturated heterocycles. The molecular formula is C18H23N3O2. The van der Waals surface area contributed by atoms with Gasteiger partial charge in [0.15, 0.2) is 0 Å². The lowest BCUT2D eigenvalue weighted by molar-refractivity contribution is -0.130. The number of para-hydroxylation sites is 1. The number of carbonyl (C=O) groups is 2. The number of hydrogen-bond donors (Lipinski definition) is 1. The van der Waals surface area contributed by atoms with Gasteiger partial charge in [0.25, 0.3) is 0 Å². The number of benzene rings is 1. The van der Waals surface area contributed by atoms with Gasteiger partial charge in [-0.25, -0.2) is 0 Å². The van der Waals surface area contributed by atoms with Crippen molar-refractivity contribution in [3.05, 3.63) is 36.5 Å². The van der Waals surface area contributed by atoms with E-state index < -0.39 is 5.41 Å². The molecule has 0 radical (unpaired) electrons. The minimum atomic E-state index is -0.636. The fourth-order valence-corrected chi connectivity index (χ4v) is 2.25. The zero-order valence-electron chi connectivity index (χ0n) is 14.1. The SMILES string of the molecule is CN(C)C(=O)CCC(C)(C)C(=O)Nc1cccc2cccnc12. The molecule has 0 spiro atoms. The molecule has 1 aromatic carbocycles. The van der Waals surface area contributed by atoms with E-state index >= 15 is 0 Å². The van der Waals surface area contributed by atoms with E-state index in [0.29, 0.717) is 18.5 Å². The number of pyridine rings is 1. The van der Waals surface area contributed by atoms with E-state index in [1.165, 1.54) is 0 Å². The van der Waals surface area contributed by atoms with Crippen LogP contribution in [0.5, 0.6) is 0 Å². The summed E-state index contributed by atoms with van der Waals surface area (Å²) in [5, 5.41) is 3.93. The second kappa shape index (κ2) is 6.77. The Morgan fingerprint density at radius 3 is 2.57 bits per heavy atom. The number of hydrogen-bond acceptors (Lipinski definition) is 3.